The second kappa shape index (κ2) is 11.3. The fourth-order valence-electron chi connectivity index (χ4n) is 4.60. The molecule has 4 heteroatoms. The zero-order chi connectivity index (χ0) is 22.3. The molecular formula is C26H42O4. The number of rotatable bonds is 10. The molecule has 170 valence electrons. The third-order valence-electron chi connectivity index (χ3n) is 6.94. The summed E-state index contributed by atoms with van der Waals surface area (Å²) in [6, 6.07) is 0. The van der Waals surface area contributed by atoms with Gasteiger partial charge in [-0.3, -0.25) is 0 Å². The normalized spacial score (nSPS) is 30.1. The molecule has 6 atom stereocenters. The standard InChI is InChI=1S/C26H42O4/c1-7-26(4,5)17-30-23-16-18(2)15-20-12-11-19(3)22(25(20)23)14-13-21(27)9-8-10-24(28)29-6/h8,10-12,15,18-19,21-23,25,27H,7,9,13-14,16-17H2,1-6H3/b10-8-/t18-,19-,21-,22-,23-,25?/m0/s1. The smallest absolute Gasteiger partial charge is 0.330 e. The van der Waals surface area contributed by atoms with E-state index in [1.54, 1.807) is 6.08 Å². The highest BCUT2D eigenvalue weighted by Gasteiger charge is 2.40. The Bertz CT molecular complexity index is 645. The lowest BCUT2D eigenvalue weighted by molar-refractivity contribution is -0.134. The van der Waals surface area contributed by atoms with Crippen LogP contribution in [-0.4, -0.2) is 37.0 Å². The molecule has 0 aliphatic heterocycles. The third-order valence-corrected chi connectivity index (χ3v) is 6.94. The SMILES string of the molecule is CCC(C)(C)CO[C@H]1C[C@@H](C)C=C2C=C[C@H](C)[C@H](CC[C@@H](O)C/C=C\C(=O)OC)C21. The molecule has 0 bridgehead atoms. The second-order valence-corrected chi connectivity index (χ2v) is 10.0. The van der Waals surface area contributed by atoms with E-state index in [-0.39, 0.29) is 17.5 Å². The van der Waals surface area contributed by atoms with Crippen molar-refractivity contribution < 1.29 is 19.4 Å². The molecule has 0 aromatic rings. The van der Waals surface area contributed by atoms with Crippen LogP contribution in [0.2, 0.25) is 0 Å². The summed E-state index contributed by atoms with van der Waals surface area (Å²) in [5.74, 6) is 1.46. The van der Waals surface area contributed by atoms with Crippen LogP contribution in [0.4, 0.5) is 0 Å². The zero-order valence-corrected chi connectivity index (χ0v) is 19.8. The van der Waals surface area contributed by atoms with Crippen molar-refractivity contribution in [3.05, 3.63) is 36.0 Å². The van der Waals surface area contributed by atoms with Crippen LogP contribution in [0, 0.1) is 29.1 Å². The van der Waals surface area contributed by atoms with E-state index in [2.05, 4.69) is 57.6 Å². The van der Waals surface area contributed by atoms with Gasteiger partial charge in [-0.25, -0.2) is 4.79 Å². The number of fused-ring (bicyclic) bond motifs is 1. The summed E-state index contributed by atoms with van der Waals surface area (Å²) in [6.07, 6.45) is 14.2. The molecule has 0 amide bonds. The van der Waals surface area contributed by atoms with Crippen molar-refractivity contribution in [1.29, 1.82) is 0 Å². The lowest BCUT2D eigenvalue weighted by Crippen LogP contribution is -2.41. The first-order valence-corrected chi connectivity index (χ1v) is 11.6. The number of aliphatic hydroxyl groups is 1. The topological polar surface area (TPSA) is 55.8 Å². The third kappa shape index (κ3) is 7.09. The Morgan fingerprint density at radius 3 is 2.77 bits per heavy atom. The van der Waals surface area contributed by atoms with Crippen molar-refractivity contribution in [3.63, 3.8) is 0 Å². The minimum atomic E-state index is -0.447. The molecule has 0 saturated heterocycles. The first-order chi connectivity index (χ1) is 14.2. The van der Waals surface area contributed by atoms with Crippen molar-refractivity contribution in [3.8, 4) is 0 Å². The quantitative estimate of drug-likeness (QED) is 0.377. The highest BCUT2D eigenvalue weighted by atomic mass is 16.5. The van der Waals surface area contributed by atoms with Gasteiger partial charge in [0.05, 0.1) is 25.9 Å². The maximum absolute atomic E-state index is 11.2. The van der Waals surface area contributed by atoms with Crippen LogP contribution >= 0.6 is 0 Å². The summed E-state index contributed by atoms with van der Waals surface area (Å²) in [4.78, 5) is 11.2. The highest BCUT2D eigenvalue weighted by Crippen LogP contribution is 2.45. The van der Waals surface area contributed by atoms with Gasteiger partial charge in [-0.05, 0) is 60.8 Å². The summed E-state index contributed by atoms with van der Waals surface area (Å²) in [6.45, 7) is 12.1. The molecule has 1 N–H and O–H groups in total. The largest absolute Gasteiger partial charge is 0.466 e. The number of ether oxygens (including phenoxy) is 2. The Morgan fingerprint density at radius 1 is 1.37 bits per heavy atom. The van der Waals surface area contributed by atoms with Crippen molar-refractivity contribution in [2.45, 2.75) is 78.9 Å². The van der Waals surface area contributed by atoms with Crippen molar-refractivity contribution in [2.24, 2.45) is 29.1 Å². The maximum Gasteiger partial charge on any atom is 0.330 e. The van der Waals surface area contributed by atoms with Gasteiger partial charge in [0.1, 0.15) is 0 Å². The average Bonchev–Trinajstić information content (AvgIpc) is 2.71. The number of aliphatic hydroxyl groups excluding tert-OH is 1. The molecule has 30 heavy (non-hydrogen) atoms. The van der Waals surface area contributed by atoms with E-state index in [1.165, 1.54) is 18.8 Å². The van der Waals surface area contributed by atoms with E-state index in [4.69, 9.17) is 4.74 Å². The van der Waals surface area contributed by atoms with Crippen LogP contribution in [-0.2, 0) is 14.3 Å². The van der Waals surface area contributed by atoms with Gasteiger partial charge in [-0.1, -0.05) is 58.9 Å². The molecule has 0 spiro atoms. The number of hydrogen-bond acceptors (Lipinski definition) is 4. The molecular weight excluding hydrogens is 376 g/mol. The molecule has 0 radical (unpaired) electrons. The van der Waals surface area contributed by atoms with Gasteiger partial charge >= 0.3 is 5.97 Å². The zero-order valence-electron chi connectivity index (χ0n) is 19.8. The van der Waals surface area contributed by atoms with E-state index >= 15 is 0 Å². The number of carbonyl (C=O) groups excluding carboxylic acids is 1. The molecule has 0 fully saturated rings. The predicted octanol–water partition coefficient (Wildman–Crippen LogP) is 5.47. The monoisotopic (exact) mass is 418 g/mol. The van der Waals surface area contributed by atoms with Crippen molar-refractivity contribution in [1.82, 2.24) is 0 Å². The minimum Gasteiger partial charge on any atom is -0.466 e. The molecule has 2 rings (SSSR count). The van der Waals surface area contributed by atoms with Crippen LogP contribution in [0.5, 0.6) is 0 Å². The van der Waals surface area contributed by atoms with E-state index in [1.807, 2.05) is 0 Å². The van der Waals surface area contributed by atoms with Gasteiger partial charge in [-0.2, -0.15) is 0 Å². The number of allylic oxidation sites excluding steroid dienone is 3. The first-order valence-electron chi connectivity index (χ1n) is 11.6. The van der Waals surface area contributed by atoms with E-state index in [0.29, 0.717) is 30.1 Å². The van der Waals surface area contributed by atoms with Crippen molar-refractivity contribution >= 4 is 5.97 Å². The molecule has 2 aliphatic rings. The molecule has 0 aromatic carbocycles. The fraction of sp³-hybridized carbons (Fsp3) is 0.731. The van der Waals surface area contributed by atoms with Gasteiger partial charge in [-0.15, -0.1) is 0 Å². The highest BCUT2D eigenvalue weighted by molar-refractivity contribution is 5.81. The van der Waals surface area contributed by atoms with Gasteiger partial charge in [0.25, 0.3) is 0 Å². The van der Waals surface area contributed by atoms with Crippen LogP contribution in [0.25, 0.3) is 0 Å². The van der Waals surface area contributed by atoms with Gasteiger partial charge in [0.15, 0.2) is 0 Å². The molecule has 0 heterocycles. The van der Waals surface area contributed by atoms with E-state index in [0.717, 1.165) is 32.3 Å². The Labute approximate surface area is 183 Å². The van der Waals surface area contributed by atoms with Crippen LogP contribution in [0.15, 0.2) is 36.0 Å². The second-order valence-electron chi connectivity index (χ2n) is 10.0. The minimum absolute atomic E-state index is 0.193. The Morgan fingerprint density at radius 2 is 2.10 bits per heavy atom. The van der Waals surface area contributed by atoms with Crippen LogP contribution < -0.4 is 0 Å². The number of esters is 1. The predicted molar refractivity (Wildman–Crippen MR) is 122 cm³/mol. The molecule has 0 saturated carbocycles. The Balaban J connectivity index is 2.05. The van der Waals surface area contributed by atoms with Crippen molar-refractivity contribution in [2.75, 3.05) is 13.7 Å². The Hall–Kier alpha value is -1.39. The molecule has 1 unspecified atom stereocenters. The van der Waals surface area contributed by atoms with Gasteiger partial charge in [0.2, 0.25) is 0 Å². The van der Waals surface area contributed by atoms with E-state index < -0.39 is 6.10 Å². The van der Waals surface area contributed by atoms with Crippen LogP contribution in [0.1, 0.15) is 66.7 Å². The summed E-state index contributed by atoms with van der Waals surface area (Å²) in [5, 5.41) is 10.4. The number of carbonyl (C=O) groups is 1. The first kappa shape index (κ1) is 24.9. The van der Waals surface area contributed by atoms with E-state index in [9.17, 15) is 9.90 Å². The fourth-order valence-corrected chi connectivity index (χ4v) is 4.60. The number of hydrogen-bond donors (Lipinski definition) is 1. The van der Waals surface area contributed by atoms with Crippen LogP contribution in [0.3, 0.4) is 0 Å². The summed E-state index contributed by atoms with van der Waals surface area (Å²) in [5.41, 5.74) is 1.61. The number of methoxy groups -OCH3 is 1. The maximum atomic E-state index is 11.2. The van der Waals surface area contributed by atoms with Gasteiger partial charge < -0.3 is 14.6 Å². The molecule has 2 aliphatic carbocycles. The lowest BCUT2D eigenvalue weighted by Gasteiger charge is -2.44. The average molecular weight is 419 g/mol. The summed E-state index contributed by atoms with van der Waals surface area (Å²) in [7, 11) is 1.36. The van der Waals surface area contributed by atoms with Gasteiger partial charge in [0, 0.05) is 12.0 Å². The molecule has 4 nitrogen and oxygen atoms in total. The summed E-state index contributed by atoms with van der Waals surface area (Å²) < 4.78 is 11.2. The summed E-state index contributed by atoms with van der Waals surface area (Å²) >= 11 is 0. The lowest BCUT2D eigenvalue weighted by atomic mass is 9.65. The molecule has 0 aromatic heterocycles. The Kier molecular flexibility index (Phi) is 9.36.